The Morgan fingerprint density at radius 3 is 1.20 bits per heavy atom. The van der Waals surface area contributed by atoms with Crippen LogP contribution in [0.25, 0.3) is 143 Å². The van der Waals surface area contributed by atoms with Crippen LogP contribution in [0, 0.1) is 0 Å². The van der Waals surface area contributed by atoms with Gasteiger partial charge in [-0.25, -0.2) is 29.9 Å². The van der Waals surface area contributed by atoms with E-state index in [0.29, 0.717) is 40.4 Å². The second-order valence-electron chi connectivity index (χ2n) is 24.5. The first-order chi connectivity index (χ1) is 44.0. The van der Waals surface area contributed by atoms with Gasteiger partial charge in [-0.05, 0) is 88.4 Å². The van der Waals surface area contributed by atoms with Crippen LogP contribution in [0.5, 0.6) is 0 Å². The molecule has 90 heavy (non-hydrogen) atoms. The van der Waals surface area contributed by atoms with E-state index in [4.69, 9.17) is 29.9 Å². The van der Waals surface area contributed by atoms with Crippen molar-refractivity contribution in [2.24, 2.45) is 0 Å². The van der Waals surface area contributed by atoms with Crippen molar-refractivity contribution in [1.29, 1.82) is 0 Å². The molecule has 2 aliphatic rings. The summed E-state index contributed by atoms with van der Waals surface area (Å²) in [6, 6.07) is 85.7. The van der Waals surface area contributed by atoms with E-state index >= 15 is 0 Å². The monoisotopic (exact) mass is 1180 g/mol. The fourth-order valence-corrected chi connectivity index (χ4v) is 15.2. The van der Waals surface area contributed by atoms with Crippen molar-refractivity contribution in [3.8, 4) is 79.7 Å². The van der Waals surface area contributed by atoms with Crippen molar-refractivity contribution >= 4 is 87.7 Å². The Kier molecular flexibility index (Phi) is 12.1. The molecule has 5 aromatic heterocycles. The third kappa shape index (κ3) is 8.33. The molecule has 2 aliphatic heterocycles. The quantitative estimate of drug-likeness (QED) is 0.151. The molecule has 0 aliphatic carbocycles. The fraction of sp³-hybridized carbons (Fsp3) is 0.0769. The Morgan fingerprint density at radius 1 is 0.333 bits per heavy atom. The van der Waals surface area contributed by atoms with E-state index in [0.717, 1.165) is 72.0 Å². The van der Waals surface area contributed by atoms with Gasteiger partial charge in [0.15, 0.2) is 34.9 Å². The first-order valence-corrected chi connectivity index (χ1v) is 31.1. The zero-order valence-corrected chi connectivity index (χ0v) is 50.4. The molecule has 0 spiro atoms. The lowest BCUT2D eigenvalue weighted by Gasteiger charge is -2.35. The largest absolute Gasteiger partial charge is 0.488 e. The SMILES string of the molecule is CC1(C)c2cc(-c3nc(-c4ccccc4)nc(-c4ccccc4)n3)ccc2-n2c3ccccc3c3c4sc5ccccc5c4cc1c32.CC1(C)c2cc(-c3nc(-c4ccccc4)nc(-c4ccccc4)n3)ccc2-n2c3ccccc3c3cc(B(O)O)cc1c32. The minimum absolute atomic E-state index is 0.275. The summed E-state index contributed by atoms with van der Waals surface area (Å²) in [5, 5.41) is 27.8. The molecule has 10 nitrogen and oxygen atoms in total. The highest BCUT2D eigenvalue weighted by Crippen LogP contribution is 2.53. The smallest absolute Gasteiger partial charge is 0.423 e. The van der Waals surface area contributed by atoms with Crippen LogP contribution in [-0.4, -0.2) is 56.2 Å². The van der Waals surface area contributed by atoms with Gasteiger partial charge in [-0.1, -0.05) is 216 Å². The molecule has 18 rings (SSSR count). The van der Waals surface area contributed by atoms with Gasteiger partial charge in [0, 0.05) is 85.9 Å². The summed E-state index contributed by atoms with van der Waals surface area (Å²) in [7, 11) is -1.57. The molecule has 12 heteroatoms. The Balaban J connectivity index is 0.000000139. The van der Waals surface area contributed by atoms with Gasteiger partial charge in [-0.15, -0.1) is 11.3 Å². The van der Waals surface area contributed by atoms with E-state index in [-0.39, 0.29) is 5.41 Å². The highest BCUT2D eigenvalue weighted by Gasteiger charge is 2.39. The van der Waals surface area contributed by atoms with Gasteiger partial charge in [0.05, 0.1) is 33.4 Å². The van der Waals surface area contributed by atoms with Crippen molar-refractivity contribution in [1.82, 2.24) is 39.0 Å². The highest BCUT2D eigenvalue weighted by molar-refractivity contribution is 7.26. The molecule has 0 bridgehead atoms. The van der Waals surface area contributed by atoms with Crippen LogP contribution in [0.15, 0.2) is 249 Å². The standard InChI is InChI=1S/C42H28N4S.C36H27BN4O2/c1-42(2)31-23-27(41-44-39(25-13-5-3-6-14-25)43-40(45-41)26-15-7-4-8-16-26)21-22-34(31)46-33-19-11-9-18-29(33)36-37(46)32(42)24-30-28-17-10-12-20-35(28)47-38(30)36;1-36(2)28-19-24(35-39-33(22-11-5-3-6-12-22)38-34(40-35)23-13-7-4-8-14-23)17-18-31(28)41-30-16-10-9-15-26(30)27-20-25(37(42)43)21-29(36)32(27)41/h3-24H,1-2H3;3-21,42-43H,1-2H3. The summed E-state index contributed by atoms with van der Waals surface area (Å²) >= 11 is 1.91. The van der Waals surface area contributed by atoms with E-state index in [1.165, 1.54) is 58.8 Å². The molecule has 0 fully saturated rings. The van der Waals surface area contributed by atoms with E-state index in [2.05, 4.69) is 164 Å². The molecule has 0 unspecified atom stereocenters. The molecule has 0 amide bonds. The molecule has 0 atom stereocenters. The third-order valence-corrected chi connectivity index (χ3v) is 19.7. The second kappa shape index (κ2) is 20.4. The van der Waals surface area contributed by atoms with Gasteiger partial charge in [-0.3, -0.25) is 0 Å². The number of hydrogen-bond donors (Lipinski definition) is 2. The molecule has 0 saturated heterocycles. The first-order valence-electron chi connectivity index (χ1n) is 30.3. The molecule has 11 aromatic carbocycles. The summed E-state index contributed by atoms with van der Waals surface area (Å²) in [5.74, 6) is 3.84. The second-order valence-corrected chi connectivity index (χ2v) is 25.5. The summed E-state index contributed by atoms with van der Waals surface area (Å²) in [6.45, 7) is 9.11. The topological polar surface area (TPSA) is 128 Å². The van der Waals surface area contributed by atoms with Crippen LogP contribution in [0.2, 0.25) is 0 Å². The van der Waals surface area contributed by atoms with Crippen molar-refractivity contribution in [2.45, 2.75) is 38.5 Å². The van der Waals surface area contributed by atoms with Crippen LogP contribution < -0.4 is 5.46 Å². The number of hydrogen-bond acceptors (Lipinski definition) is 9. The van der Waals surface area contributed by atoms with Gasteiger partial charge < -0.3 is 19.2 Å². The molecule has 428 valence electrons. The van der Waals surface area contributed by atoms with Crippen LogP contribution in [0.4, 0.5) is 0 Å². The first kappa shape index (κ1) is 53.5. The zero-order chi connectivity index (χ0) is 60.6. The third-order valence-electron chi connectivity index (χ3n) is 18.5. The maximum Gasteiger partial charge on any atom is 0.488 e. The number of nitrogens with zero attached hydrogens (tertiary/aromatic N) is 8. The fourth-order valence-electron chi connectivity index (χ4n) is 14.0. The predicted molar refractivity (Wildman–Crippen MR) is 368 cm³/mol. The molecule has 7 heterocycles. The van der Waals surface area contributed by atoms with Crippen LogP contribution in [0.1, 0.15) is 49.9 Å². The van der Waals surface area contributed by atoms with Crippen LogP contribution >= 0.6 is 11.3 Å². The average Bonchev–Trinajstić information content (AvgIpc) is 1.49. The van der Waals surface area contributed by atoms with Gasteiger partial charge in [-0.2, -0.15) is 0 Å². The van der Waals surface area contributed by atoms with E-state index < -0.39 is 12.5 Å². The van der Waals surface area contributed by atoms with E-state index in [1.54, 1.807) is 0 Å². The lowest BCUT2D eigenvalue weighted by molar-refractivity contribution is 0.425. The Labute approximate surface area is 522 Å². The number of benzene rings is 11. The van der Waals surface area contributed by atoms with Crippen LogP contribution in [-0.2, 0) is 10.8 Å². The highest BCUT2D eigenvalue weighted by atomic mass is 32.1. The summed E-state index contributed by atoms with van der Waals surface area (Å²) in [5.41, 5.74) is 17.2. The normalized spacial score (nSPS) is 13.4. The van der Waals surface area contributed by atoms with Crippen LogP contribution in [0.3, 0.4) is 0 Å². The van der Waals surface area contributed by atoms with Crippen molar-refractivity contribution in [3.05, 3.63) is 271 Å². The minimum atomic E-state index is -1.57. The maximum absolute atomic E-state index is 10.2. The lowest BCUT2D eigenvalue weighted by atomic mass is 9.70. The minimum Gasteiger partial charge on any atom is -0.423 e. The molecular formula is C78H55BN8O2S. The van der Waals surface area contributed by atoms with Gasteiger partial charge in [0.1, 0.15) is 0 Å². The zero-order valence-electron chi connectivity index (χ0n) is 49.6. The molecule has 0 radical (unpaired) electrons. The number of para-hydroxylation sites is 2. The Morgan fingerprint density at radius 2 is 0.722 bits per heavy atom. The number of aromatic nitrogens is 8. The average molecular weight is 1180 g/mol. The summed E-state index contributed by atoms with van der Waals surface area (Å²) in [6.07, 6.45) is 0. The maximum atomic E-state index is 10.2. The predicted octanol–water partition coefficient (Wildman–Crippen LogP) is 17.3. The molecule has 16 aromatic rings. The summed E-state index contributed by atoms with van der Waals surface area (Å²) in [4.78, 5) is 29.8. The Hall–Kier alpha value is -10.8. The van der Waals surface area contributed by atoms with E-state index in [1.807, 2.05) is 133 Å². The molecule has 0 saturated carbocycles. The summed E-state index contributed by atoms with van der Waals surface area (Å²) < 4.78 is 7.48. The lowest BCUT2D eigenvalue weighted by Crippen LogP contribution is -2.33. The van der Waals surface area contributed by atoms with Crippen molar-refractivity contribution < 1.29 is 10.0 Å². The van der Waals surface area contributed by atoms with Gasteiger partial charge in [0.2, 0.25) is 0 Å². The molecule has 2 N–H and O–H groups in total. The molecular weight excluding hydrogens is 1120 g/mol. The van der Waals surface area contributed by atoms with Crippen molar-refractivity contribution in [2.75, 3.05) is 0 Å². The van der Waals surface area contributed by atoms with Crippen molar-refractivity contribution in [3.63, 3.8) is 0 Å². The van der Waals surface area contributed by atoms with E-state index in [9.17, 15) is 10.0 Å². The van der Waals surface area contributed by atoms with Gasteiger partial charge in [0.25, 0.3) is 0 Å². The Bertz CT molecular complexity index is 5470. The number of thiophene rings is 1. The number of fused-ring (bicyclic) bond motifs is 14. The number of rotatable bonds is 7. The van der Waals surface area contributed by atoms with Gasteiger partial charge >= 0.3 is 7.12 Å².